The van der Waals surface area contributed by atoms with Crippen molar-refractivity contribution in [1.82, 2.24) is 0 Å². The molecule has 62 valence electrons. The number of methoxy groups -OCH3 is 1. The molecule has 0 amide bonds. The van der Waals surface area contributed by atoms with Gasteiger partial charge in [-0.05, 0) is 6.07 Å². The van der Waals surface area contributed by atoms with E-state index in [9.17, 15) is 4.79 Å². The largest absolute Gasteiger partial charge is 0.372 e. The molecule has 0 bridgehead atoms. The summed E-state index contributed by atoms with van der Waals surface area (Å²) in [4.78, 5) is 11.0. The molecule has 0 aromatic carbocycles. The molecule has 0 aliphatic rings. The minimum atomic E-state index is 0.423. The molecule has 1 aromatic heterocycles. The zero-order valence-electron chi connectivity index (χ0n) is 6.66. The normalized spacial score (nSPS) is 8.75. The maximum atomic E-state index is 10.3. The van der Waals surface area contributed by atoms with Crippen LogP contribution in [0.3, 0.4) is 0 Å². The Labute approximate surface area is 75.2 Å². The predicted molar refractivity (Wildman–Crippen MR) is 48.5 cm³/mol. The van der Waals surface area contributed by atoms with Crippen LogP contribution in [0.1, 0.15) is 15.2 Å². The van der Waals surface area contributed by atoms with E-state index in [0.29, 0.717) is 11.5 Å². The fraction of sp³-hybridized carbons (Fsp3) is 0.222. The molecule has 0 aliphatic heterocycles. The number of hydrogen-bond donors (Lipinski definition) is 0. The average Bonchev–Trinajstić information content (AvgIpc) is 2.53. The molecule has 2 nitrogen and oxygen atoms in total. The second-order valence-electron chi connectivity index (χ2n) is 2.09. The first-order valence-electron chi connectivity index (χ1n) is 3.38. The highest BCUT2D eigenvalue weighted by atomic mass is 32.1. The van der Waals surface area contributed by atoms with Crippen molar-refractivity contribution < 1.29 is 9.53 Å². The lowest BCUT2D eigenvalue weighted by Crippen LogP contribution is -1.80. The van der Waals surface area contributed by atoms with E-state index >= 15 is 0 Å². The molecule has 12 heavy (non-hydrogen) atoms. The Kier molecular flexibility index (Phi) is 3.52. The van der Waals surface area contributed by atoms with Crippen molar-refractivity contribution in [2.75, 3.05) is 13.7 Å². The van der Waals surface area contributed by atoms with Crippen molar-refractivity contribution in [2.45, 2.75) is 0 Å². The minimum Gasteiger partial charge on any atom is -0.372 e. The summed E-state index contributed by atoms with van der Waals surface area (Å²) >= 11 is 1.40. The lowest BCUT2D eigenvalue weighted by atomic mass is 10.3. The van der Waals surface area contributed by atoms with E-state index in [-0.39, 0.29) is 0 Å². The molecular formula is C9H8O2S. The van der Waals surface area contributed by atoms with Crippen molar-refractivity contribution in [3.8, 4) is 11.8 Å². The van der Waals surface area contributed by atoms with Crippen molar-refractivity contribution in [2.24, 2.45) is 0 Å². The number of carbonyl (C=O) groups excluding carboxylic acids is 1. The number of hydrogen-bond acceptors (Lipinski definition) is 3. The molecular weight excluding hydrogens is 172 g/mol. The molecule has 1 heterocycles. The van der Waals surface area contributed by atoms with Gasteiger partial charge in [-0.15, -0.1) is 11.3 Å². The monoisotopic (exact) mass is 180 g/mol. The van der Waals surface area contributed by atoms with Crippen LogP contribution >= 0.6 is 11.3 Å². The van der Waals surface area contributed by atoms with Crippen LogP contribution < -0.4 is 0 Å². The number of carbonyl (C=O) groups is 1. The first-order valence-corrected chi connectivity index (χ1v) is 4.26. The van der Waals surface area contributed by atoms with Gasteiger partial charge < -0.3 is 4.74 Å². The third-order valence-electron chi connectivity index (χ3n) is 1.19. The smallest absolute Gasteiger partial charge is 0.160 e. The van der Waals surface area contributed by atoms with Gasteiger partial charge >= 0.3 is 0 Å². The van der Waals surface area contributed by atoms with Crippen LogP contribution in [0.4, 0.5) is 0 Å². The van der Waals surface area contributed by atoms with Crippen molar-refractivity contribution in [1.29, 1.82) is 0 Å². The third kappa shape index (κ3) is 2.50. The van der Waals surface area contributed by atoms with Gasteiger partial charge in [0, 0.05) is 18.1 Å². The highest BCUT2D eigenvalue weighted by molar-refractivity contribution is 7.11. The summed E-state index contributed by atoms with van der Waals surface area (Å²) in [5.41, 5.74) is 0.874. The van der Waals surface area contributed by atoms with E-state index < -0.39 is 0 Å². The Bertz CT molecular complexity index is 317. The van der Waals surface area contributed by atoms with Crippen LogP contribution in [0.5, 0.6) is 0 Å². The molecule has 1 rings (SSSR count). The van der Waals surface area contributed by atoms with Crippen LogP contribution in [0.2, 0.25) is 0 Å². The van der Waals surface area contributed by atoms with Gasteiger partial charge in [-0.3, -0.25) is 4.79 Å². The zero-order valence-corrected chi connectivity index (χ0v) is 7.48. The maximum absolute atomic E-state index is 10.3. The molecule has 0 saturated carbocycles. The van der Waals surface area contributed by atoms with E-state index in [2.05, 4.69) is 11.8 Å². The van der Waals surface area contributed by atoms with Gasteiger partial charge in [0.25, 0.3) is 0 Å². The number of ether oxygens (including phenoxy) is 1. The Hall–Kier alpha value is -1.11. The number of aldehydes is 1. The molecule has 0 N–H and O–H groups in total. The van der Waals surface area contributed by atoms with Crippen LogP contribution in [-0.4, -0.2) is 20.0 Å². The molecule has 0 aliphatic carbocycles. The highest BCUT2D eigenvalue weighted by Crippen LogP contribution is 2.10. The fourth-order valence-corrected chi connectivity index (χ4v) is 1.33. The molecule has 0 atom stereocenters. The second-order valence-corrected chi connectivity index (χ2v) is 3.03. The summed E-state index contributed by atoms with van der Waals surface area (Å²) in [5, 5.41) is 1.85. The van der Waals surface area contributed by atoms with Gasteiger partial charge in [-0.25, -0.2) is 0 Å². The lowest BCUT2D eigenvalue weighted by molar-refractivity contribution is 0.112. The summed E-state index contributed by atoms with van der Waals surface area (Å²) in [5.74, 6) is 5.68. The Morgan fingerprint density at radius 3 is 3.17 bits per heavy atom. The van der Waals surface area contributed by atoms with Crippen LogP contribution in [0.25, 0.3) is 0 Å². The van der Waals surface area contributed by atoms with Crippen molar-refractivity contribution >= 4 is 17.6 Å². The molecule has 0 saturated heterocycles. The highest BCUT2D eigenvalue weighted by Gasteiger charge is 1.93. The lowest BCUT2D eigenvalue weighted by Gasteiger charge is -1.81. The first-order chi connectivity index (χ1) is 5.86. The van der Waals surface area contributed by atoms with E-state index in [1.54, 1.807) is 13.2 Å². The van der Waals surface area contributed by atoms with Gasteiger partial charge in [-0.1, -0.05) is 11.8 Å². The number of thiophene rings is 1. The van der Waals surface area contributed by atoms with Crippen LogP contribution in [0.15, 0.2) is 11.4 Å². The maximum Gasteiger partial charge on any atom is 0.160 e. The van der Waals surface area contributed by atoms with Gasteiger partial charge in [0.05, 0.1) is 4.88 Å². The van der Waals surface area contributed by atoms with Gasteiger partial charge in [0.2, 0.25) is 0 Å². The third-order valence-corrected chi connectivity index (χ3v) is 2.04. The van der Waals surface area contributed by atoms with Crippen molar-refractivity contribution in [3.63, 3.8) is 0 Å². The minimum absolute atomic E-state index is 0.423. The first kappa shape index (κ1) is 8.98. The van der Waals surface area contributed by atoms with Crippen LogP contribution in [-0.2, 0) is 4.74 Å². The fourth-order valence-electron chi connectivity index (χ4n) is 0.690. The summed E-state index contributed by atoms with van der Waals surface area (Å²) in [6, 6.07) is 1.76. The van der Waals surface area contributed by atoms with Gasteiger partial charge in [0.15, 0.2) is 6.29 Å². The topological polar surface area (TPSA) is 26.3 Å². The standard InChI is InChI=1S/C9H8O2S/c1-11-4-2-3-8-5-9(6-10)12-7-8/h5-7H,4H2,1H3. The molecule has 0 radical (unpaired) electrons. The molecule has 3 heteroatoms. The molecule has 0 unspecified atom stereocenters. The average molecular weight is 180 g/mol. The SMILES string of the molecule is COCC#Cc1csc(C=O)c1. The summed E-state index contributed by atoms with van der Waals surface area (Å²) in [6.07, 6.45) is 0.826. The second kappa shape index (κ2) is 4.70. The summed E-state index contributed by atoms with van der Waals surface area (Å²) < 4.78 is 4.76. The summed E-state index contributed by atoms with van der Waals surface area (Å²) in [6.45, 7) is 0.423. The van der Waals surface area contributed by atoms with E-state index in [1.807, 2.05) is 5.38 Å². The van der Waals surface area contributed by atoms with Crippen LogP contribution in [0, 0.1) is 11.8 Å². The number of rotatable bonds is 2. The van der Waals surface area contributed by atoms with Gasteiger partial charge in [0.1, 0.15) is 6.61 Å². The Morgan fingerprint density at radius 1 is 1.75 bits per heavy atom. The Morgan fingerprint density at radius 2 is 2.58 bits per heavy atom. The zero-order chi connectivity index (χ0) is 8.81. The molecule has 1 aromatic rings. The van der Waals surface area contributed by atoms with E-state index in [1.165, 1.54) is 11.3 Å². The van der Waals surface area contributed by atoms with Gasteiger partial charge in [-0.2, -0.15) is 0 Å². The van der Waals surface area contributed by atoms with Crippen molar-refractivity contribution in [3.05, 3.63) is 21.9 Å². The van der Waals surface area contributed by atoms with E-state index in [0.717, 1.165) is 11.8 Å². The molecule has 0 fully saturated rings. The summed E-state index contributed by atoms with van der Waals surface area (Å²) in [7, 11) is 1.60. The predicted octanol–water partition coefficient (Wildman–Crippen LogP) is 1.56. The quantitative estimate of drug-likeness (QED) is 0.510. The Balaban J connectivity index is 2.65. The molecule has 0 spiro atoms. The van der Waals surface area contributed by atoms with E-state index in [4.69, 9.17) is 4.74 Å².